The second kappa shape index (κ2) is 8.43. The zero-order chi connectivity index (χ0) is 15.0. The fraction of sp³-hybridized carbons (Fsp3) is 0.429. The number of esters is 2. The highest BCUT2D eigenvalue weighted by atomic mass is 35.5. The summed E-state index contributed by atoms with van der Waals surface area (Å²) in [6, 6.07) is 7.22. The van der Waals surface area contributed by atoms with E-state index in [0.29, 0.717) is 18.1 Å². The first-order chi connectivity index (χ1) is 9.56. The highest BCUT2D eigenvalue weighted by Crippen LogP contribution is 2.18. The number of ether oxygens (including phenoxy) is 2. The molecule has 0 fully saturated rings. The Labute approximate surface area is 123 Å². The predicted molar refractivity (Wildman–Crippen MR) is 76.9 cm³/mol. The maximum atomic E-state index is 11.2. The van der Waals surface area contributed by atoms with Gasteiger partial charge in [-0.3, -0.25) is 9.59 Å². The number of nitrogens with zero attached hydrogens (tertiary/aromatic N) is 1. The largest absolute Gasteiger partial charge is 0.469 e. The lowest BCUT2D eigenvalue weighted by molar-refractivity contribution is -0.140. The van der Waals surface area contributed by atoms with E-state index in [1.807, 2.05) is 17.0 Å². The van der Waals surface area contributed by atoms with Crippen molar-refractivity contribution in [1.29, 1.82) is 0 Å². The van der Waals surface area contributed by atoms with E-state index in [1.54, 1.807) is 12.1 Å². The first-order valence-corrected chi connectivity index (χ1v) is 6.58. The molecule has 0 aliphatic heterocycles. The number of halogens is 1. The quantitative estimate of drug-likeness (QED) is 0.723. The average molecular weight is 300 g/mol. The standard InChI is InChI=1S/C14H18ClNO4/c1-19-13(17)7-9-16(10-8-14(18)20-2)12-5-3-11(15)4-6-12/h3-6H,7-10H2,1-2H3. The van der Waals surface area contributed by atoms with Gasteiger partial charge in [-0.05, 0) is 24.3 Å². The molecule has 0 atom stereocenters. The number of anilines is 1. The Kier molecular flexibility index (Phi) is 6.87. The lowest BCUT2D eigenvalue weighted by Gasteiger charge is -2.24. The van der Waals surface area contributed by atoms with Crippen LogP contribution in [0.5, 0.6) is 0 Å². The minimum absolute atomic E-state index is 0.250. The predicted octanol–water partition coefficient (Wildman–Crippen LogP) is 2.27. The molecule has 0 amide bonds. The van der Waals surface area contributed by atoms with E-state index in [0.717, 1.165) is 5.69 Å². The zero-order valence-corrected chi connectivity index (χ0v) is 12.4. The van der Waals surface area contributed by atoms with Gasteiger partial charge in [0.1, 0.15) is 0 Å². The summed E-state index contributed by atoms with van der Waals surface area (Å²) in [6.45, 7) is 0.927. The first kappa shape index (κ1) is 16.3. The van der Waals surface area contributed by atoms with Crippen LogP contribution >= 0.6 is 11.6 Å². The molecule has 0 aliphatic rings. The maximum absolute atomic E-state index is 11.2. The molecule has 1 aromatic rings. The van der Waals surface area contributed by atoms with Crippen molar-refractivity contribution >= 4 is 29.2 Å². The number of hydrogen-bond acceptors (Lipinski definition) is 5. The average Bonchev–Trinajstić information content (AvgIpc) is 2.47. The highest BCUT2D eigenvalue weighted by Gasteiger charge is 2.12. The van der Waals surface area contributed by atoms with Gasteiger partial charge in [0.25, 0.3) is 0 Å². The van der Waals surface area contributed by atoms with E-state index in [1.165, 1.54) is 14.2 Å². The second-order valence-corrected chi connectivity index (χ2v) is 4.55. The third kappa shape index (κ3) is 5.48. The summed E-state index contributed by atoms with van der Waals surface area (Å²) in [5, 5.41) is 0.634. The molecule has 110 valence electrons. The number of hydrogen-bond donors (Lipinski definition) is 0. The highest BCUT2D eigenvalue weighted by molar-refractivity contribution is 6.30. The molecule has 0 heterocycles. The summed E-state index contributed by atoms with van der Waals surface area (Å²) >= 11 is 5.85. The molecule has 1 aromatic carbocycles. The summed E-state index contributed by atoms with van der Waals surface area (Å²) in [4.78, 5) is 24.4. The molecule has 0 bridgehead atoms. The van der Waals surface area contributed by atoms with Crippen molar-refractivity contribution in [3.8, 4) is 0 Å². The van der Waals surface area contributed by atoms with Crippen molar-refractivity contribution in [3.63, 3.8) is 0 Å². The Balaban J connectivity index is 2.69. The number of benzene rings is 1. The molecular formula is C14H18ClNO4. The molecule has 5 nitrogen and oxygen atoms in total. The Bertz CT molecular complexity index is 427. The van der Waals surface area contributed by atoms with Crippen molar-refractivity contribution in [1.82, 2.24) is 0 Å². The molecule has 1 rings (SSSR count). The second-order valence-electron chi connectivity index (χ2n) is 4.12. The summed E-state index contributed by atoms with van der Waals surface area (Å²) in [5.74, 6) is -0.580. The SMILES string of the molecule is COC(=O)CCN(CCC(=O)OC)c1ccc(Cl)cc1. The summed E-state index contributed by atoms with van der Waals surface area (Å²) in [7, 11) is 2.70. The normalized spacial score (nSPS) is 9.95. The van der Waals surface area contributed by atoms with Gasteiger partial charge in [0, 0.05) is 23.8 Å². The number of methoxy groups -OCH3 is 2. The van der Waals surface area contributed by atoms with E-state index in [4.69, 9.17) is 11.6 Å². The third-order valence-corrected chi connectivity index (χ3v) is 3.07. The molecule has 0 saturated carbocycles. The summed E-state index contributed by atoms with van der Waals surface area (Å²) < 4.78 is 9.25. The minimum Gasteiger partial charge on any atom is -0.469 e. The number of carbonyl (C=O) groups is 2. The van der Waals surface area contributed by atoms with Crippen LogP contribution in [0.1, 0.15) is 12.8 Å². The van der Waals surface area contributed by atoms with Crippen LogP contribution in [0.15, 0.2) is 24.3 Å². The van der Waals surface area contributed by atoms with Crippen LogP contribution in [0, 0.1) is 0 Å². The van der Waals surface area contributed by atoms with Crippen molar-refractivity contribution in [2.75, 3.05) is 32.2 Å². The van der Waals surface area contributed by atoms with Gasteiger partial charge in [0.05, 0.1) is 27.1 Å². The van der Waals surface area contributed by atoms with Gasteiger partial charge in [0.2, 0.25) is 0 Å². The lowest BCUT2D eigenvalue weighted by atomic mass is 10.2. The monoisotopic (exact) mass is 299 g/mol. The van der Waals surface area contributed by atoms with Gasteiger partial charge in [-0.1, -0.05) is 11.6 Å². The van der Waals surface area contributed by atoms with Crippen LogP contribution in [-0.2, 0) is 19.1 Å². The fourth-order valence-electron chi connectivity index (χ4n) is 1.68. The smallest absolute Gasteiger partial charge is 0.307 e. The first-order valence-electron chi connectivity index (χ1n) is 6.21. The van der Waals surface area contributed by atoms with Crippen molar-refractivity contribution in [3.05, 3.63) is 29.3 Å². The Morgan fingerprint density at radius 2 is 1.45 bits per heavy atom. The van der Waals surface area contributed by atoms with Gasteiger partial charge in [-0.15, -0.1) is 0 Å². The Morgan fingerprint density at radius 1 is 1.00 bits per heavy atom. The van der Waals surface area contributed by atoms with E-state index in [2.05, 4.69) is 9.47 Å². The maximum Gasteiger partial charge on any atom is 0.307 e. The van der Waals surface area contributed by atoms with E-state index >= 15 is 0 Å². The molecule has 0 spiro atoms. The molecule has 0 N–H and O–H groups in total. The van der Waals surface area contributed by atoms with Gasteiger partial charge in [-0.2, -0.15) is 0 Å². The molecule has 0 aromatic heterocycles. The van der Waals surface area contributed by atoms with E-state index in [9.17, 15) is 9.59 Å². The lowest BCUT2D eigenvalue weighted by Crippen LogP contribution is -2.29. The van der Waals surface area contributed by atoms with Crippen LogP contribution in [0.25, 0.3) is 0 Å². The van der Waals surface area contributed by atoms with Crippen molar-refractivity contribution in [2.24, 2.45) is 0 Å². The van der Waals surface area contributed by atoms with E-state index < -0.39 is 0 Å². The third-order valence-electron chi connectivity index (χ3n) is 2.82. The number of rotatable bonds is 7. The van der Waals surface area contributed by atoms with Gasteiger partial charge in [-0.25, -0.2) is 0 Å². The van der Waals surface area contributed by atoms with Gasteiger partial charge in [0.15, 0.2) is 0 Å². The molecule has 0 radical (unpaired) electrons. The van der Waals surface area contributed by atoms with Gasteiger partial charge < -0.3 is 14.4 Å². The van der Waals surface area contributed by atoms with Crippen LogP contribution in [-0.4, -0.2) is 39.2 Å². The van der Waals surface area contributed by atoms with Crippen LogP contribution < -0.4 is 4.90 Å². The van der Waals surface area contributed by atoms with E-state index in [-0.39, 0.29) is 24.8 Å². The van der Waals surface area contributed by atoms with Crippen molar-refractivity contribution in [2.45, 2.75) is 12.8 Å². The number of carbonyl (C=O) groups excluding carboxylic acids is 2. The van der Waals surface area contributed by atoms with Gasteiger partial charge >= 0.3 is 11.9 Å². The van der Waals surface area contributed by atoms with Crippen LogP contribution in [0.2, 0.25) is 5.02 Å². The molecule has 6 heteroatoms. The molecule has 0 unspecified atom stereocenters. The molecule has 0 aliphatic carbocycles. The van der Waals surface area contributed by atoms with Crippen LogP contribution in [0.4, 0.5) is 5.69 Å². The Hall–Kier alpha value is -1.75. The molecule has 0 saturated heterocycles. The minimum atomic E-state index is -0.290. The Morgan fingerprint density at radius 3 is 1.85 bits per heavy atom. The zero-order valence-electron chi connectivity index (χ0n) is 11.6. The summed E-state index contributed by atoms with van der Waals surface area (Å²) in [6.07, 6.45) is 0.501. The van der Waals surface area contributed by atoms with Crippen molar-refractivity contribution < 1.29 is 19.1 Å². The van der Waals surface area contributed by atoms with Crippen LogP contribution in [0.3, 0.4) is 0 Å². The summed E-state index contributed by atoms with van der Waals surface area (Å²) in [5.41, 5.74) is 0.891. The molecule has 20 heavy (non-hydrogen) atoms. The topological polar surface area (TPSA) is 55.8 Å². The molecular weight excluding hydrogens is 282 g/mol. The fourth-order valence-corrected chi connectivity index (χ4v) is 1.80.